The molecule has 0 bridgehead atoms. The monoisotopic (exact) mass is 790 g/mol. The average Bonchev–Trinajstić information content (AvgIpc) is 3.55. The SMILES string of the molecule is COc1nc(-c2cccc(-c3cccc(-c4ccn5c(=O)c(CNC6CC(C)(O)C6)cnc5c4)c3Cl)c2Cl)cc(Cl)c1CN(CC1CCC(=O)N1)C(=O)O. The molecule has 1 saturated heterocycles. The summed E-state index contributed by atoms with van der Waals surface area (Å²) in [6.07, 6.45) is 4.27. The molecular formula is C39H37Cl3N6O6. The number of nitrogens with one attached hydrogen (secondary N) is 2. The number of benzene rings is 2. The molecule has 2 aromatic carbocycles. The van der Waals surface area contributed by atoms with Crippen LogP contribution in [0.3, 0.4) is 0 Å². The summed E-state index contributed by atoms with van der Waals surface area (Å²) in [5.74, 6) is 0.0311. The Morgan fingerprint density at radius 1 is 1.06 bits per heavy atom. The zero-order valence-electron chi connectivity index (χ0n) is 29.4. The lowest BCUT2D eigenvalue weighted by Crippen LogP contribution is -2.51. The third-order valence-electron chi connectivity index (χ3n) is 9.98. The van der Waals surface area contributed by atoms with Gasteiger partial charge in [0.25, 0.3) is 5.56 Å². The highest BCUT2D eigenvalue weighted by Crippen LogP contribution is 2.43. The Kier molecular flexibility index (Phi) is 10.6. The van der Waals surface area contributed by atoms with E-state index in [0.717, 1.165) is 5.56 Å². The zero-order chi connectivity index (χ0) is 38.3. The zero-order valence-corrected chi connectivity index (χ0v) is 31.7. The van der Waals surface area contributed by atoms with Crippen molar-refractivity contribution >= 4 is 52.5 Å². The molecule has 12 nitrogen and oxygen atoms in total. The number of hydrogen-bond donors (Lipinski definition) is 4. The lowest BCUT2D eigenvalue weighted by Gasteiger charge is -2.41. The number of carboxylic acid groups (broad SMARTS) is 1. The van der Waals surface area contributed by atoms with Crippen molar-refractivity contribution in [2.45, 2.75) is 63.4 Å². The molecule has 280 valence electrons. The Bertz CT molecular complexity index is 2340. The molecule has 2 aliphatic rings. The lowest BCUT2D eigenvalue weighted by molar-refractivity contribution is -0.119. The van der Waals surface area contributed by atoms with Crippen molar-refractivity contribution < 1.29 is 24.5 Å². The van der Waals surface area contributed by atoms with Gasteiger partial charge < -0.3 is 30.5 Å². The molecule has 7 rings (SSSR count). The van der Waals surface area contributed by atoms with Crippen LogP contribution in [-0.2, 0) is 17.9 Å². The number of halogens is 3. The van der Waals surface area contributed by atoms with Crippen molar-refractivity contribution in [2.75, 3.05) is 13.7 Å². The molecule has 1 aliphatic carbocycles. The van der Waals surface area contributed by atoms with Crippen molar-refractivity contribution in [2.24, 2.45) is 0 Å². The van der Waals surface area contributed by atoms with E-state index in [9.17, 15) is 24.6 Å². The van der Waals surface area contributed by atoms with Crippen LogP contribution in [0.15, 0.2) is 71.8 Å². The summed E-state index contributed by atoms with van der Waals surface area (Å²) in [7, 11) is 1.43. The van der Waals surface area contributed by atoms with Crippen LogP contribution in [0, 0.1) is 0 Å². The minimum atomic E-state index is -1.17. The fourth-order valence-electron chi connectivity index (χ4n) is 7.15. The van der Waals surface area contributed by atoms with E-state index in [2.05, 4.69) is 20.6 Å². The summed E-state index contributed by atoms with van der Waals surface area (Å²) in [6.45, 7) is 2.15. The molecule has 1 unspecified atom stereocenters. The number of methoxy groups -OCH3 is 1. The first-order chi connectivity index (χ1) is 25.8. The van der Waals surface area contributed by atoms with Crippen LogP contribution in [0.2, 0.25) is 15.1 Å². The second-order valence-electron chi connectivity index (χ2n) is 14.0. The molecule has 4 N–H and O–H groups in total. The predicted molar refractivity (Wildman–Crippen MR) is 207 cm³/mol. The fourth-order valence-corrected chi connectivity index (χ4v) is 8.06. The lowest BCUT2D eigenvalue weighted by atomic mass is 9.77. The van der Waals surface area contributed by atoms with E-state index >= 15 is 0 Å². The van der Waals surface area contributed by atoms with Crippen molar-refractivity contribution in [1.29, 1.82) is 0 Å². The first kappa shape index (κ1) is 37.6. The number of ether oxygens (including phenoxy) is 1. The van der Waals surface area contributed by atoms with E-state index in [1.807, 2.05) is 36.4 Å². The quantitative estimate of drug-likeness (QED) is 0.113. The van der Waals surface area contributed by atoms with Crippen molar-refractivity contribution in [3.63, 3.8) is 0 Å². The van der Waals surface area contributed by atoms with Crippen LogP contribution in [0.25, 0.3) is 39.2 Å². The average molecular weight is 792 g/mol. The maximum atomic E-state index is 13.3. The number of carbonyl (C=O) groups is 2. The summed E-state index contributed by atoms with van der Waals surface area (Å²) in [5, 5.41) is 27.1. The van der Waals surface area contributed by atoms with Crippen molar-refractivity contribution in [3.05, 3.63) is 104 Å². The Labute approximate surface area is 325 Å². The molecule has 0 radical (unpaired) electrons. The molecular weight excluding hydrogens is 755 g/mol. The topological polar surface area (TPSA) is 158 Å². The van der Waals surface area contributed by atoms with Crippen molar-refractivity contribution in [3.8, 4) is 39.4 Å². The first-order valence-electron chi connectivity index (χ1n) is 17.4. The number of aromatic nitrogens is 3. The summed E-state index contributed by atoms with van der Waals surface area (Å²) in [6, 6.07) is 16.2. The minimum absolute atomic E-state index is 0.0929. The number of pyridine rings is 2. The standard InChI is InChI=1S/C39H37Cl3N6O6/c1-39(53)15-24(16-39)43-17-22-18-44-32-13-21(11-12-48(32)37(22)50)25-5-3-6-26(34(25)41)27-7-4-8-28(35(27)42)31-14-30(40)29(36(46-31)54-2)20-47(38(51)52)19-23-9-10-33(49)45-23/h3-8,11-14,18,23-24,43,53H,9-10,15-17,19-20H2,1-2H3,(H,45,49)(H,51,52). The minimum Gasteiger partial charge on any atom is -0.481 e. The van der Waals surface area contributed by atoms with Gasteiger partial charge in [-0.3, -0.25) is 14.0 Å². The van der Waals surface area contributed by atoms with Gasteiger partial charge in [0.2, 0.25) is 11.8 Å². The molecule has 2 amide bonds. The molecule has 1 atom stereocenters. The van der Waals surface area contributed by atoms with Gasteiger partial charge in [-0.05, 0) is 49.9 Å². The third kappa shape index (κ3) is 7.62. The van der Waals surface area contributed by atoms with Crippen LogP contribution in [0.1, 0.15) is 43.7 Å². The number of aliphatic hydroxyl groups is 1. The maximum Gasteiger partial charge on any atom is 0.407 e. The van der Waals surface area contributed by atoms with Gasteiger partial charge in [0.05, 0.1) is 51.1 Å². The molecule has 3 aromatic heterocycles. The van der Waals surface area contributed by atoms with Gasteiger partial charge in [-0.2, -0.15) is 0 Å². The molecule has 1 aliphatic heterocycles. The van der Waals surface area contributed by atoms with Gasteiger partial charge >= 0.3 is 6.09 Å². The van der Waals surface area contributed by atoms with Gasteiger partial charge in [-0.25, -0.2) is 14.8 Å². The normalized spacial score (nSPS) is 19.4. The highest BCUT2D eigenvalue weighted by Gasteiger charge is 2.38. The first-order valence-corrected chi connectivity index (χ1v) is 18.5. The smallest absolute Gasteiger partial charge is 0.407 e. The Morgan fingerprint density at radius 3 is 2.39 bits per heavy atom. The van der Waals surface area contributed by atoms with E-state index < -0.39 is 11.7 Å². The van der Waals surface area contributed by atoms with Gasteiger partial charge in [-0.15, -0.1) is 0 Å². The highest BCUT2D eigenvalue weighted by molar-refractivity contribution is 6.39. The van der Waals surface area contributed by atoms with Gasteiger partial charge in [0, 0.05) is 66.2 Å². The molecule has 1 saturated carbocycles. The van der Waals surface area contributed by atoms with E-state index in [1.54, 1.807) is 37.5 Å². The highest BCUT2D eigenvalue weighted by atomic mass is 35.5. The molecule has 54 heavy (non-hydrogen) atoms. The second kappa shape index (κ2) is 15.2. The van der Waals surface area contributed by atoms with Crippen LogP contribution in [0.4, 0.5) is 4.79 Å². The molecule has 2 fully saturated rings. The summed E-state index contributed by atoms with van der Waals surface area (Å²) >= 11 is 20.9. The fraction of sp³-hybridized carbons (Fsp3) is 0.308. The maximum absolute atomic E-state index is 13.3. The largest absolute Gasteiger partial charge is 0.481 e. The number of hydrogen-bond acceptors (Lipinski definition) is 8. The van der Waals surface area contributed by atoms with Crippen LogP contribution in [-0.4, -0.2) is 72.8 Å². The Morgan fingerprint density at radius 2 is 1.74 bits per heavy atom. The Hall–Kier alpha value is -4.72. The third-order valence-corrected chi connectivity index (χ3v) is 11.1. The number of fused-ring (bicyclic) bond motifs is 1. The number of carbonyl (C=O) groups excluding carboxylic acids is 1. The molecule has 15 heteroatoms. The van der Waals surface area contributed by atoms with E-state index in [-0.39, 0.29) is 47.5 Å². The van der Waals surface area contributed by atoms with Crippen LogP contribution < -0.4 is 20.9 Å². The van der Waals surface area contributed by atoms with Crippen LogP contribution >= 0.6 is 34.8 Å². The molecule has 5 aromatic rings. The molecule has 4 heterocycles. The van der Waals surface area contributed by atoms with E-state index in [4.69, 9.17) is 39.5 Å². The predicted octanol–water partition coefficient (Wildman–Crippen LogP) is 6.82. The number of nitrogens with zero attached hydrogens (tertiary/aromatic N) is 4. The second-order valence-corrected chi connectivity index (χ2v) is 15.2. The summed E-state index contributed by atoms with van der Waals surface area (Å²) < 4.78 is 7.09. The number of rotatable bonds is 11. The summed E-state index contributed by atoms with van der Waals surface area (Å²) in [5.41, 5.74) is 4.26. The Balaban J connectivity index is 1.15. The van der Waals surface area contributed by atoms with Gasteiger partial charge in [-0.1, -0.05) is 71.2 Å². The van der Waals surface area contributed by atoms with E-state index in [0.29, 0.717) is 87.0 Å². The van der Waals surface area contributed by atoms with Crippen molar-refractivity contribution in [1.82, 2.24) is 29.9 Å². The van der Waals surface area contributed by atoms with Gasteiger partial charge in [0.15, 0.2) is 0 Å². The van der Waals surface area contributed by atoms with Gasteiger partial charge in [0.1, 0.15) is 5.65 Å². The number of amides is 2. The molecule has 0 spiro atoms. The summed E-state index contributed by atoms with van der Waals surface area (Å²) in [4.78, 5) is 47.5. The van der Waals surface area contributed by atoms with E-state index in [1.165, 1.54) is 16.4 Å². The van der Waals surface area contributed by atoms with Crippen LogP contribution in [0.5, 0.6) is 5.88 Å².